The van der Waals surface area contributed by atoms with Gasteiger partial charge in [-0.15, -0.1) is 0 Å². The predicted octanol–water partition coefficient (Wildman–Crippen LogP) is 19.0. The Morgan fingerprint density at radius 1 is 0.339 bits per heavy atom. The van der Waals surface area contributed by atoms with E-state index in [0.717, 1.165) is 44.9 Å². The molecule has 0 radical (unpaired) electrons. The first-order valence-corrected chi connectivity index (χ1v) is 28.2. The van der Waals surface area contributed by atoms with Gasteiger partial charge in [0.05, 0.1) is 6.61 Å². The molecule has 0 amide bonds. The third kappa shape index (κ3) is 51.3. The zero-order valence-corrected chi connectivity index (χ0v) is 42.4. The van der Waals surface area contributed by atoms with Crippen molar-refractivity contribution in [3.63, 3.8) is 0 Å². The molecule has 0 aromatic carbocycles. The molecule has 0 fully saturated rings. The summed E-state index contributed by atoms with van der Waals surface area (Å²) >= 11 is 0. The molecular formula is C57H110O5. The van der Waals surface area contributed by atoms with E-state index >= 15 is 0 Å². The lowest BCUT2D eigenvalue weighted by Crippen LogP contribution is -2.30. The molecule has 0 aliphatic rings. The first kappa shape index (κ1) is 60.6. The van der Waals surface area contributed by atoms with Crippen LogP contribution >= 0.6 is 0 Å². The minimum atomic E-state index is -0.531. The zero-order chi connectivity index (χ0) is 44.9. The molecule has 5 nitrogen and oxygen atoms in total. The maximum absolute atomic E-state index is 12.8. The van der Waals surface area contributed by atoms with Crippen molar-refractivity contribution in [2.45, 2.75) is 322 Å². The third-order valence-corrected chi connectivity index (χ3v) is 12.8. The van der Waals surface area contributed by atoms with E-state index in [1.807, 2.05) is 0 Å². The van der Waals surface area contributed by atoms with Crippen LogP contribution in [0, 0.1) is 0 Å². The molecule has 0 saturated carbocycles. The molecule has 0 aromatic heterocycles. The lowest BCUT2D eigenvalue weighted by molar-refractivity contribution is -0.163. The van der Waals surface area contributed by atoms with Gasteiger partial charge in [-0.25, -0.2) is 0 Å². The van der Waals surface area contributed by atoms with Crippen molar-refractivity contribution in [1.82, 2.24) is 0 Å². The molecule has 368 valence electrons. The molecule has 5 heteroatoms. The standard InChI is InChI=1S/C57H110O5/c1-4-7-10-13-16-19-22-25-27-29-30-33-35-38-41-44-47-50-56(58)61-54-55(62-57(59)51-48-45-42-39-36-32-24-21-18-15-12-9-6-3)53-60-52-49-46-43-40-37-34-31-28-26-23-20-17-14-11-8-5-2/h21,24,55H,4-20,22-23,25-54H2,1-3H3/b24-21-. The Balaban J connectivity index is 4.19. The van der Waals surface area contributed by atoms with E-state index < -0.39 is 6.10 Å². The van der Waals surface area contributed by atoms with Crippen LogP contribution in [0.25, 0.3) is 0 Å². The van der Waals surface area contributed by atoms with Crippen molar-refractivity contribution in [3.05, 3.63) is 12.2 Å². The highest BCUT2D eigenvalue weighted by Crippen LogP contribution is 2.17. The fourth-order valence-corrected chi connectivity index (χ4v) is 8.57. The summed E-state index contributed by atoms with van der Waals surface area (Å²) in [5.74, 6) is -0.382. The van der Waals surface area contributed by atoms with Crippen LogP contribution in [0.3, 0.4) is 0 Å². The largest absolute Gasteiger partial charge is 0.462 e. The second-order valence-electron chi connectivity index (χ2n) is 19.2. The van der Waals surface area contributed by atoms with Crippen LogP contribution in [0.15, 0.2) is 12.2 Å². The molecule has 0 heterocycles. The maximum Gasteiger partial charge on any atom is 0.306 e. The Hall–Kier alpha value is -1.36. The van der Waals surface area contributed by atoms with Crippen molar-refractivity contribution in [2.24, 2.45) is 0 Å². The molecule has 0 rings (SSSR count). The summed E-state index contributed by atoms with van der Waals surface area (Å²) in [6.07, 6.45) is 62.3. The average Bonchev–Trinajstić information content (AvgIpc) is 3.27. The van der Waals surface area contributed by atoms with E-state index in [1.165, 1.54) is 238 Å². The van der Waals surface area contributed by atoms with Crippen LogP contribution in [-0.2, 0) is 23.8 Å². The van der Waals surface area contributed by atoms with E-state index in [1.54, 1.807) is 0 Å². The number of ether oxygens (including phenoxy) is 3. The lowest BCUT2D eigenvalue weighted by atomic mass is 10.0. The van der Waals surface area contributed by atoms with Gasteiger partial charge >= 0.3 is 11.9 Å². The minimum absolute atomic E-state index is 0.0919. The molecule has 0 N–H and O–H groups in total. The highest BCUT2D eigenvalue weighted by atomic mass is 16.6. The van der Waals surface area contributed by atoms with Crippen LogP contribution in [0.5, 0.6) is 0 Å². The highest BCUT2D eigenvalue weighted by Gasteiger charge is 2.17. The Morgan fingerprint density at radius 2 is 0.629 bits per heavy atom. The van der Waals surface area contributed by atoms with Gasteiger partial charge in [0.1, 0.15) is 6.61 Å². The molecule has 0 aromatic rings. The summed E-state index contributed by atoms with van der Waals surface area (Å²) in [7, 11) is 0. The van der Waals surface area contributed by atoms with Gasteiger partial charge in [0, 0.05) is 19.4 Å². The van der Waals surface area contributed by atoms with Crippen molar-refractivity contribution in [1.29, 1.82) is 0 Å². The van der Waals surface area contributed by atoms with Crippen LogP contribution in [0.2, 0.25) is 0 Å². The Kier molecular flexibility index (Phi) is 52.8. The van der Waals surface area contributed by atoms with Crippen LogP contribution in [0.4, 0.5) is 0 Å². The van der Waals surface area contributed by atoms with Crippen molar-refractivity contribution >= 4 is 11.9 Å². The van der Waals surface area contributed by atoms with Gasteiger partial charge < -0.3 is 14.2 Å². The second kappa shape index (κ2) is 54.0. The smallest absolute Gasteiger partial charge is 0.306 e. The fraction of sp³-hybridized carbons (Fsp3) is 0.930. The molecule has 1 atom stereocenters. The van der Waals surface area contributed by atoms with Gasteiger partial charge in [0.25, 0.3) is 0 Å². The van der Waals surface area contributed by atoms with Gasteiger partial charge in [-0.05, 0) is 44.9 Å². The van der Waals surface area contributed by atoms with Gasteiger partial charge in [0.15, 0.2) is 6.10 Å². The number of carbonyl (C=O) groups is 2. The maximum atomic E-state index is 12.8. The van der Waals surface area contributed by atoms with E-state index in [4.69, 9.17) is 14.2 Å². The summed E-state index contributed by atoms with van der Waals surface area (Å²) in [5.41, 5.74) is 0. The van der Waals surface area contributed by atoms with E-state index in [9.17, 15) is 9.59 Å². The quantitative estimate of drug-likeness (QED) is 0.0346. The van der Waals surface area contributed by atoms with E-state index in [0.29, 0.717) is 26.1 Å². The normalized spacial score (nSPS) is 12.1. The molecule has 62 heavy (non-hydrogen) atoms. The van der Waals surface area contributed by atoms with E-state index in [2.05, 4.69) is 32.9 Å². The third-order valence-electron chi connectivity index (χ3n) is 12.8. The average molecular weight is 876 g/mol. The summed E-state index contributed by atoms with van der Waals surface area (Å²) < 4.78 is 17.5. The Bertz CT molecular complexity index is 902. The molecule has 0 bridgehead atoms. The Morgan fingerprint density at radius 3 is 1.00 bits per heavy atom. The van der Waals surface area contributed by atoms with Crippen molar-refractivity contribution in [3.8, 4) is 0 Å². The number of carbonyl (C=O) groups excluding carboxylic acids is 2. The van der Waals surface area contributed by atoms with Gasteiger partial charge in [-0.3, -0.25) is 9.59 Å². The minimum Gasteiger partial charge on any atom is -0.462 e. The summed E-state index contributed by atoms with van der Waals surface area (Å²) in [6.45, 7) is 7.88. The number of rotatable bonds is 53. The number of esters is 2. The van der Waals surface area contributed by atoms with Crippen molar-refractivity contribution < 1.29 is 23.8 Å². The molecule has 0 saturated heterocycles. The predicted molar refractivity (Wildman–Crippen MR) is 270 cm³/mol. The monoisotopic (exact) mass is 875 g/mol. The number of allylic oxidation sites excluding steroid dienone is 2. The molecule has 0 spiro atoms. The lowest BCUT2D eigenvalue weighted by Gasteiger charge is -2.18. The first-order chi connectivity index (χ1) is 30.6. The number of hydrogen-bond acceptors (Lipinski definition) is 5. The topological polar surface area (TPSA) is 61.8 Å². The van der Waals surface area contributed by atoms with Gasteiger partial charge in [0.2, 0.25) is 0 Å². The SMILES string of the molecule is CCCCCC/C=C\CCCCCCCC(=O)OC(COCCCCCCCCCCCCCCCCCC)COC(=O)CCCCCCCCCCCCCCCCCCC. The molecule has 0 aliphatic carbocycles. The van der Waals surface area contributed by atoms with Crippen LogP contribution in [0.1, 0.15) is 316 Å². The van der Waals surface area contributed by atoms with Crippen molar-refractivity contribution in [2.75, 3.05) is 19.8 Å². The summed E-state index contributed by atoms with van der Waals surface area (Å²) in [4.78, 5) is 25.4. The molecule has 0 aliphatic heterocycles. The van der Waals surface area contributed by atoms with Crippen LogP contribution < -0.4 is 0 Å². The van der Waals surface area contributed by atoms with Crippen LogP contribution in [-0.4, -0.2) is 37.9 Å². The van der Waals surface area contributed by atoms with Gasteiger partial charge in [-0.2, -0.15) is 0 Å². The van der Waals surface area contributed by atoms with Gasteiger partial charge in [-0.1, -0.05) is 270 Å². The molecular weight excluding hydrogens is 765 g/mol. The zero-order valence-electron chi connectivity index (χ0n) is 42.4. The second-order valence-corrected chi connectivity index (χ2v) is 19.2. The first-order valence-electron chi connectivity index (χ1n) is 28.2. The Labute approximate surface area is 388 Å². The van der Waals surface area contributed by atoms with E-state index in [-0.39, 0.29) is 18.5 Å². The molecule has 1 unspecified atom stereocenters. The summed E-state index contributed by atoms with van der Waals surface area (Å²) in [6, 6.07) is 0. The fourth-order valence-electron chi connectivity index (χ4n) is 8.57. The number of unbranched alkanes of at least 4 members (excludes halogenated alkanes) is 40. The highest BCUT2D eigenvalue weighted by molar-refractivity contribution is 5.70. The number of hydrogen-bond donors (Lipinski definition) is 0. The summed E-state index contributed by atoms with van der Waals surface area (Å²) in [5, 5.41) is 0.